The first-order valence-electron chi connectivity index (χ1n) is 5.07. The van der Waals surface area contributed by atoms with E-state index in [4.69, 9.17) is 10.5 Å². The molecule has 0 amide bonds. The molecule has 0 aliphatic rings. The lowest BCUT2D eigenvalue weighted by molar-refractivity contribution is 0.303. The van der Waals surface area contributed by atoms with Crippen LogP contribution in [0.5, 0.6) is 5.75 Å². The summed E-state index contributed by atoms with van der Waals surface area (Å²) in [5.41, 5.74) is 6.69. The Morgan fingerprint density at radius 3 is 2.65 bits per heavy atom. The highest BCUT2D eigenvalue weighted by Crippen LogP contribution is 2.21. The van der Waals surface area contributed by atoms with Gasteiger partial charge in [0, 0.05) is 5.69 Å². The van der Waals surface area contributed by atoms with Crippen molar-refractivity contribution in [2.45, 2.75) is 6.61 Å². The normalized spacial score (nSPS) is 10.2. The minimum Gasteiger partial charge on any atom is -0.488 e. The van der Waals surface area contributed by atoms with Gasteiger partial charge in [-0.3, -0.25) is 0 Å². The molecule has 0 aliphatic heterocycles. The zero-order chi connectivity index (χ0) is 12.3. The van der Waals surface area contributed by atoms with Crippen LogP contribution in [0.1, 0.15) is 5.56 Å². The molecule has 0 heterocycles. The molecule has 0 spiro atoms. The molecule has 0 radical (unpaired) electrons. The smallest absolute Gasteiger partial charge is 0.133 e. The first-order chi connectivity index (χ1) is 8.15. The number of nitrogen functional groups attached to an aromatic ring is 1. The van der Waals surface area contributed by atoms with E-state index < -0.39 is 0 Å². The van der Waals surface area contributed by atoms with Gasteiger partial charge in [0.05, 0.1) is 3.57 Å². The Kier molecular flexibility index (Phi) is 3.83. The second-order valence-electron chi connectivity index (χ2n) is 3.61. The molecule has 2 rings (SSSR count). The second kappa shape index (κ2) is 5.35. The van der Waals surface area contributed by atoms with Crippen molar-refractivity contribution in [1.29, 1.82) is 0 Å². The van der Waals surface area contributed by atoms with Crippen LogP contribution in [0.3, 0.4) is 0 Å². The number of benzene rings is 2. The Hall–Kier alpha value is -1.30. The van der Waals surface area contributed by atoms with Crippen molar-refractivity contribution in [2.24, 2.45) is 0 Å². The van der Waals surface area contributed by atoms with Gasteiger partial charge in [0.25, 0.3) is 0 Å². The number of halogens is 2. The number of rotatable bonds is 3. The highest BCUT2D eigenvalue weighted by Gasteiger charge is 2.02. The minimum absolute atomic E-state index is 0.308. The molecule has 0 atom stereocenters. The quantitative estimate of drug-likeness (QED) is 0.683. The van der Waals surface area contributed by atoms with Crippen LogP contribution in [0.15, 0.2) is 42.5 Å². The zero-order valence-electron chi connectivity index (χ0n) is 8.99. The van der Waals surface area contributed by atoms with Gasteiger partial charge in [0.1, 0.15) is 18.2 Å². The van der Waals surface area contributed by atoms with Crippen LogP contribution in [0.2, 0.25) is 0 Å². The second-order valence-corrected chi connectivity index (χ2v) is 4.77. The van der Waals surface area contributed by atoms with Crippen molar-refractivity contribution >= 4 is 28.3 Å². The lowest BCUT2D eigenvalue weighted by Crippen LogP contribution is -1.99. The summed E-state index contributed by atoms with van der Waals surface area (Å²) in [6, 6.07) is 12.1. The maximum Gasteiger partial charge on any atom is 0.133 e. The predicted molar refractivity (Wildman–Crippen MR) is 74.3 cm³/mol. The fourth-order valence-corrected chi connectivity index (χ4v) is 2.02. The molecule has 2 nitrogen and oxygen atoms in total. The van der Waals surface area contributed by atoms with Crippen LogP contribution >= 0.6 is 22.6 Å². The fourth-order valence-electron chi connectivity index (χ4n) is 1.48. The van der Waals surface area contributed by atoms with Crippen LogP contribution in [-0.2, 0) is 6.61 Å². The number of anilines is 1. The van der Waals surface area contributed by atoms with Crippen molar-refractivity contribution in [1.82, 2.24) is 0 Å². The molecular weight excluding hydrogens is 332 g/mol. The van der Waals surface area contributed by atoms with Gasteiger partial charge in [0.15, 0.2) is 0 Å². The third-order valence-corrected chi connectivity index (χ3v) is 3.10. The fraction of sp³-hybridized carbons (Fsp3) is 0.0769. The number of ether oxygens (including phenoxy) is 1. The monoisotopic (exact) mass is 343 g/mol. The van der Waals surface area contributed by atoms with Gasteiger partial charge >= 0.3 is 0 Å². The summed E-state index contributed by atoms with van der Waals surface area (Å²) < 4.78 is 19.7. The van der Waals surface area contributed by atoms with Crippen LogP contribution in [0.4, 0.5) is 10.1 Å². The maximum atomic E-state index is 13.1. The van der Waals surface area contributed by atoms with Crippen LogP contribution in [-0.4, -0.2) is 0 Å². The molecule has 0 unspecified atom stereocenters. The number of hydrogen-bond acceptors (Lipinski definition) is 2. The summed E-state index contributed by atoms with van der Waals surface area (Å²) in [6.45, 7) is 0.308. The molecule has 17 heavy (non-hydrogen) atoms. The van der Waals surface area contributed by atoms with Crippen LogP contribution < -0.4 is 10.5 Å². The molecule has 2 N–H and O–H groups in total. The van der Waals surface area contributed by atoms with E-state index in [1.54, 1.807) is 6.07 Å². The Labute approximate surface area is 113 Å². The van der Waals surface area contributed by atoms with Crippen molar-refractivity contribution in [2.75, 3.05) is 5.73 Å². The first kappa shape index (κ1) is 12.2. The van der Waals surface area contributed by atoms with Gasteiger partial charge in [-0.05, 0) is 58.5 Å². The Morgan fingerprint density at radius 1 is 1.18 bits per heavy atom. The van der Waals surface area contributed by atoms with Crippen molar-refractivity contribution in [3.8, 4) is 5.75 Å². The molecule has 4 heteroatoms. The van der Waals surface area contributed by atoms with Gasteiger partial charge in [-0.15, -0.1) is 0 Å². The summed E-state index contributed by atoms with van der Waals surface area (Å²) in [5, 5.41) is 0. The van der Waals surface area contributed by atoms with Crippen molar-refractivity contribution in [3.63, 3.8) is 0 Å². The zero-order valence-corrected chi connectivity index (χ0v) is 11.1. The number of hydrogen-bond donors (Lipinski definition) is 1. The first-order valence-corrected chi connectivity index (χ1v) is 6.15. The summed E-state index contributed by atoms with van der Waals surface area (Å²) in [5.74, 6) is 0.447. The van der Waals surface area contributed by atoms with E-state index in [-0.39, 0.29) is 5.82 Å². The summed E-state index contributed by atoms with van der Waals surface area (Å²) in [6.07, 6.45) is 0. The molecule has 88 valence electrons. The van der Waals surface area contributed by atoms with Crippen LogP contribution in [0.25, 0.3) is 0 Å². The average molecular weight is 343 g/mol. The minimum atomic E-state index is -0.341. The highest BCUT2D eigenvalue weighted by molar-refractivity contribution is 14.1. The summed E-state index contributed by atoms with van der Waals surface area (Å²) >= 11 is 2.19. The lowest BCUT2D eigenvalue weighted by Gasteiger charge is -2.08. The SMILES string of the molecule is Nc1cc(F)cc(COc2ccccc2I)c1. The van der Waals surface area contributed by atoms with Crippen molar-refractivity contribution in [3.05, 3.63) is 57.4 Å². The van der Waals surface area contributed by atoms with Crippen LogP contribution in [0, 0.1) is 9.39 Å². The van der Waals surface area contributed by atoms with Gasteiger partial charge in [-0.1, -0.05) is 12.1 Å². The molecule has 2 aromatic carbocycles. The standard InChI is InChI=1S/C13H11FINO/c14-10-5-9(6-11(16)7-10)8-17-13-4-2-1-3-12(13)15/h1-7H,8,16H2. The molecule has 0 bridgehead atoms. The Balaban J connectivity index is 2.10. The van der Waals surface area contributed by atoms with Gasteiger partial charge in [-0.25, -0.2) is 4.39 Å². The third kappa shape index (κ3) is 3.33. The van der Waals surface area contributed by atoms with E-state index in [1.807, 2.05) is 24.3 Å². The molecule has 0 aliphatic carbocycles. The third-order valence-electron chi connectivity index (χ3n) is 2.21. The van der Waals surface area contributed by atoms with E-state index in [2.05, 4.69) is 22.6 Å². The maximum absolute atomic E-state index is 13.1. The van der Waals surface area contributed by atoms with E-state index in [1.165, 1.54) is 12.1 Å². The summed E-state index contributed by atoms with van der Waals surface area (Å²) in [7, 11) is 0. The molecule has 0 aromatic heterocycles. The molecular formula is C13H11FINO. The largest absolute Gasteiger partial charge is 0.488 e. The Bertz CT molecular complexity index is 510. The van der Waals surface area contributed by atoms with E-state index >= 15 is 0 Å². The number of nitrogens with two attached hydrogens (primary N) is 1. The van der Waals surface area contributed by atoms with E-state index in [0.717, 1.165) is 14.9 Å². The molecule has 0 saturated carbocycles. The number of para-hydroxylation sites is 1. The predicted octanol–water partition coefficient (Wildman–Crippen LogP) is 3.59. The van der Waals surface area contributed by atoms with Crippen molar-refractivity contribution < 1.29 is 9.13 Å². The van der Waals surface area contributed by atoms with Gasteiger partial charge in [0.2, 0.25) is 0 Å². The average Bonchev–Trinajstić information content (AvgIpc) is 2.27. The summed E-state index contributed by atoms with van der Waals surface area (Å²) in [4.78, 5) is 0. The molecule has 0 fully saturated rings. The topological polar surface area (TPSA) is 35.2 Å². The highest BCUT2D eigenvalue weighted by atomic mass is 127. The van der Waals surface area contributed by atoms with E-state index in [9.17, 15) is 4.39 Å². The van der Waals surface area contributed by atoms with Gasteiger partial charge in [-0.2, -0.15) is 0 Å². The molecule has 2 aromatic rings. The Morgan fingerprint density at radius 2 is 1.94 bits per heavy atom. The van der Waals surface area contributed by atoms with Gasteiger partial charge < -0.3 is 10.5 Å². The van der Waals surface area contributed by atoms with E-state index in [0.29, 0.717) is 12.3 Å². The molecule has 0 saturated heterocycles. The lowest BCUT2D eigenvalue weighted by atomic mass is 10.2.